The number of rotatable bonds is 4. The lowest BCUT2D eigenvalue weighted by molar-refractivity contribution is 0.303. The van der Waals surface area contributed by atoms with Crippen LogP contribution in [0.5, 0.6) is 5.75 Å². The lowest BCUT2D eigenvalue weighted by Crippen LogP contribution is -2.13. The number of nitrogens with zero attached hydrogens (tertiary/aromatic N) is 1. The van der Waals surface area contributed by atoms with Crippen LogP contribution in [0, 0.1) is 6.92 Å². The molecule has 0 saturated heterocycles. The van der Waals surface area contributed by atoms with Crippen LogP contribution in [0.4, 0.5) is 0 Å². The van der Waals surface area contributed by atoms with Crippen LogP contribution in [0.2, 0.25) is 0 Å². The van der Waals surface area contributed by atoms with Gasteiger partial charge in [0.25, 0.3) is 0 Å². The van der Waals surface area contributed by atoms with E-state index in [2.05, 4.69) is 4.98 Å². The van der Waals surface area contributed by atoms with Gasteiger partial charge in [0.15, 0.2) is 0 Å². The maximum absolute atomic E-state index is 6.30. The monoisotopic (exact) mass is 254 g/mol. The van der Waals surface area contributed by atoms with Crippen molar-refractivity contribution in [3.8, 4) is 5.75 Å². The van der Waals surface area contributed by atoms with Gasteiger partial charge in [0.1, 0.15) is 5.75 Å². The highest BCUT2D eigenvalue weighted by Crippen LogP contribution is 2.28. The molecule has 2 aromatic rings. The third kappa shape index (κ3) is 2.76. The summed E-state index contributed by atoms with van der Waals surface area (Å²) in [5.41, 5.74) is 9.43. The molecule has 98 valence electrons. The molecule has 1 unspecified atom stereocenters. The number of nitrogens with two attached hydrogens (primary N) is 1. The highest BCUT2D eigenvalue weighted by Gasteiger charge is 2.23. The average molecular weight is 254 g/mol. The van der Waals surface area contributed by atoms with Crippen LogP contribution in [0.15, 0.2) is 42.6 Å². The Kier molecular flexibility index (Phi) is 3.22. The van der Waals surface area contributed by atoms with Gasteiger partial charge in [0.2, 0.25) is 0 Å². The summed E-state index contributed by atoms with van der Waals surface area (Å²) in [4.78, 5) is 4.29. The molecule has 3 rings (SSSR count). The first-order valence-electron chi connectivity index (χ1n) is 6.68. The molecule has 0 spiro atoms. The van der Waals surface area contributed by atoms with Crippen molar-refractivity contribution in [2.45, 2.75) is 31.9 Å². The molecule has 1 atom stereocenters. The zero-order valence-corrected chi connectivity index (χ0v) is 11.0. The fourth-order valence-electron chi connectivity index (χ4n) is 2.14. The molecule has 0 radical (unpaired) electrons. The minimum absolute atomic E-state index is 0.135. The molecule has 1 aliphatic rings. The third-order valence-electron chi connectivity index (χ3n) is 3.45. The van der Waals surface area contributed by atoms with Crippen molar-refractivity contribution in [3.05, 3.63) is 59.4 Å². The zero-order valence-electron chi connectivity index (χ0n) is 11.0. The Morgan fingerprint density at radius 2 is 1.95 bits per heavy atom. The summed E-state index contributed by atoms with van der Waals surface area (Å²) < 4.78 is 5.74. The van der Waals surface area contributed by atoms with Crippen LogP contribution in [0.3, 0.4) is 0 Å². The van der Waals surface area contributed by atoms with E-state index in [0.29, 0.717) is 6.10 Å². The number of pyridine rings is 1. The summed E-state index contributed by atoms with van der Waals surface area (Å²) in [5.74, 6) is 0.932. The van der Waals surface area contributed by atoms with E-state index in [1.54, 1.807) is 6.20 Å². The fraction of sp³-hybridized carbons (Fsp3) is 0.312. The van der Waals surface area contributed by atoms with Crippen LogP contribution in [0.1, 0.15) is 35.7 Å². The molecule has 1 aromatic heterocycles. The summed E-state index contributed by atoms with van der Waals surface area (Å²) in [5, 5.41) is 0. The van der Waals surface area contributed by atoms with Crippen molar-refractivity contribution in [1.29, 1.82) is 0 Å². The van der Waals surface area contributed by atoms with Crippen molar-refractivity contribution < 1.29 is 4.74 Å². The Hall–Kier alpha value is -1.87. The molecule has 1 aliphatic carbocycles. The average Bonchev–Trinajstić information content (AvgIpc) is 3.23. The Balaban J connectivity index is 1.79. The summed E-state index contributed by atoms with van der Waals surface area (Å²) >= 11 is 0. The first-order chi connectivity index (χ1) is 9.24. The first-order valence-corrected chi connectivity index (χ1v) is 6.68. The first kappa shape index (κ1) is 12.2. The van der Waals surface area contributed by atoms with Gasteiger partial charge in [0, 0.05) is 11.9 Å². The quantitative estimate of drug-likeness (QED) is 0.912. The molecule has 19 heavy (non-hydrogen) atoms. The normalized spacial score (nSPS) is 16.1. The van der Waals surface area contributed by atoms with E-state index in [9.17, 15) is 0 Å². The maximum atomic E-state index is 6.30. The number of hydrogen-bond acceptors (Lipinski definition) is 3. The van der Waals surface area contributed by atoms with Gasteiger partial charge in [-0.05, 0) is 49.1 Å². The van der Waals surface area contributed by atoms with Gasteiger partial charge in [-0.3, -0.25) is 4.98 Å². The van der Waals surface area contributed by atoms with Crippen LogP contribution in [0.25, 0.3) is 0 Å². The molecule has 3 nitrogen and oxygen atoms in total. The highest BCUT2D eigenvalue weighted by atomic mass is 16.5. The van der Waals surface area contributed by atoms with E-state index in [4.69, 9.17) is 10.5 Å². The maximum Gasteiger partial charge on any atom is 0.119 e. The van der Waals surface area contributed by atoms with Crippen LogP contribution in [-0.4, -0.2) is 11.1 Å². The van der Waals surface area contributed by atoms with Gasteiger partial charge in [-0.25, -0.2) is 0 Å². The number of aryl methyl sites for hydroxylation is 1. The Morgan fingerprint density at radius 3 is 2.58 bits per heavy atom. The summed E-state index contributed by atoms with van der Waals surface area (Å²) in [6, 6.07) is 11.9. The van der Waals surface area contributed by atoms with Crippen molar-refractivity contribution in [2.24, 2.45) is 5.73 Å². The Bertz CT molecular complexity index is 561. The molecule has 1 fully saturated rings. The van der Waals surface area contributed by atoms with Crippen LogP contribution < -0.4 is 10.5 Å². The Morgan fingerprint density at radius 1 is 1.21 bits per heavy atom. The molecule has 0 bridgehead atoms. The van der Waals surface area contributed by atoms with E-state index in [-0.39, 0.29) is 6.04 Å². The van der Waals surface area contributed by atoms with Gasteiger partial charge in [0.05, 0.1) is 12.1 Å². The molecule has 3 heteroatoms. The summed E-state index contributed by atoms with van der Waals surface area (Å²) in [6.45, 7) is 1.99. The number of aromatic nitrogens is 1. The van der Waals surface area contributed by atoms with Gasteiger partial charge in [-0.2, -0.15) is 0 Å². The molecule has 1 heterocycles. The predicted molar refractivity (Wildman–Crippen MR) is 75.1 cm³/mol. The van der Waals surface area contributed by atoms with Crippen molar-refractivity contribution in [3.63, 3.8) is 0 Å². The summed E-state index contributed by atoms with van der Waals surface area (Å²) in [7, 11) is 0. The second-order valence-corrected chi connectivity index (χ2v) is 5.04. The largest absolute Gasteiger partial charge is 0.490 e. The topological polar surface area (TPSA) is 48.1 Å². The standard InChI is InChI=1S/C16H18N2O/c1-11-15(3-2-10-18-11)16(17)12-4-6-13(7-5-12)19-14-8-9-14/h2-7,10,14,16H,8-9,17H2,1H3. The zero-order chi connectivity index (χ0) is 13.2. The molecule has 0 aliphatic heterocycles. The molecule has 0 amide bonds. The van der Waals surface area contributed by atoms with E-state index >= 15 is 0 Å². The van der Waals surface area contributed by atoms with E-state index < -0.39 is 0 Å². The van der Waals surface area contributed by atoms with Gasteiger partial charge in [-0.1, -0.05) is 18.2 Å². The van der Waals surface area contributed by atoms with E-state index in [1.807, 2.05) is 43.3 Å². The number of benzene rings is 1. The second kappa shape index (κ2) is 5.02. The number of hydrogen-bond donors (Lipinski definition) is 1. The van der Waals surface area contributed by atoms with Gasteiger partial charge >= 0.3 is 0 Å². The second-order valence-electron chi connectivity index (χ2n) is 5.04. The van der Waals surface area contributed by atoms with Crippen LogP contribution in [-0.2, 0) is 0 Å². The van der Waals surface area contributed by atoms with Gasteiger partial charge in [-0.15, -0.1) is 0 Å². The minimum Gasteiger partial charge on any atom is -0.490 e. The smallest absolute Gasteiger partial charge is 0.119 e. The SMILES string of the molecule is Cc1ncccc1C(N)c1ccc(OC2CC2)cc1. The van der Waals surface area contributed by atoms with Crippen molar-refractivity contribution in [2.75, 3.05) is 0 Å². The summed E-state index contributed by atoms with van der Waals surface area (Å²) in [6.07, 6.45) is 4.57. The molecule has 1 aromatic carbocycles. The third-order valence-corrected chi connectivity index (χ3v) is 3.45. The Labute approximate surface area is 113 Å². The van der Waals surface area contributed by atoms with Crippen molar-refractivity contribution >= 4 is 0 Å². The van der Waals surface area contributed by atoms with E-state index in [0.717, 1.165) is 22.6 Å². The predicted octanol–water partition coefficient (Wildman–Crippen LogP) is 2.98. The lowest BCUT2D eigenvalue weighted by Gasteiger charge is -2.15. The van der Waals surface area contributed by atoms with Crippen LogP contribution >= 0.6 is 0 Å². The highest BCUT2D eigenvalue weighted by molar-refractivity contribution is 5.36. The minimum atomic E-state index is -0.135. The lowest BCUT2D eigenvalue weighted by atomic mass is 9.98. The molecular weight excluding hydrogens is 236 g/mol. The van der Waals surface area contributed by atoms with Gasteiger partial charge < -0.3 is 10.5 Å². The molecular formula is C16H18N2O. The molecule has 1 saturated carbocycles. The number of ether oxygens (including phenoxy) is 1. The fourth-order valence-corrected chi connectivity index (χ4v) is 2.14. The molecule has 2 N–H and O–H groups in total. The van der Waals surface area contributed by atoms with Crippen molar-refractivity contribution in [1.82, 2.24) is 4.98 Å². The van der Waals surface area contributed by atoms with E-state index in [1.165, 1.54) is 12.8 Å².